The van der Waals surface area contributed by atoms with Crippen LogP contribution in [0.2, 0.25) is 5.02 Å². The third-order valence-electron chi connectivity index (χ3n) is 2.25. The summed E-state index contributed by atoms with van der Waals surface area (Å²) in [4.78, 5) is 0. The first-order valence-corrected chi connectivity index (χ1v) is 4.80. The highest BCUT2D eigenvalue weighted by Crippen LogP contribution is 2.26. The fourth-order valence-corrected chi connectivity index (χ4v) is 1.75. The second-order valence-electron chi connectivity index (χ2n) is 3.35. The van der Waals surface area contributed by atoms with Gasteiger partial charge in [-0.2, -0.15) is 0 Å². The number of hydrogen-bond acceptors (Lipinski definition) is 2. The lowest BCUT2D eigenvalue weighted by atomic mass is 10.1. The van der Waals surface area contributed by atoms with Crippen molar-refractivity contribution in [3.63, 3.8) is 0 Å². The van der Waals surface area contributed by atoms with E-state index >= 15 is 0 Å². The van der Waals surface area contributed by atoms with Crippen molar-refractivity contribution in [2.24, 2.45) is 5.73 Å². The first kappa shape index (κ1) is 8.85. The van der Waals surface area contributed by atoms with Crippen molar-refractivity contribution in [1.82, 2.24) is 0 Å². The van der Waals surface area contributed by atoms with Crippen LogP contribution in [0.4, 0.5) is 0 Å². The monoisotopic (exact) mass is 197 g/mol. The molecule has 13 heavy (non-hydrogen) atoms. The second kappa shape index (κ2) is 3.56. The summed E-state index contributed by atoms with van der Waals surface area (Å²) in [6, 6.07) is 5.88. The van der Waals surface area contributed by atoms with E-state index in [-0.39, 0.29) is 6.04 Å². The highest BCUT2D eigenvalue weighted by molar-refractivity contribution is 6.30. The van der Waals surface area contributed by atoms with E-state index in [2.05, 4.69) is 0 Å². The highest BCUT2D eigenvalue weighted by Gasteiger charge is 2.14. The maximum Gasteiger partial charge on any atom is 0.122 e. The van der Waals surface area contributed by atoms with Crippen LogP contribution in [0.15, 0.2) is 18.2 Å². The first-order valence-electron chi connectivity index (χ1n) is 4.42. The Balaban J connectivity index is 2.35. The van der Waals surface area contributed by atoms with Gasteiger partial charge in [-0.15, -0.1) is 0 Å². The number of fused-ring (bicyclic) bond motifs is 1. The molecule has 0 amide bonds. The fraction of sp³-hybridized carbons (Fsp3) is 0.400. The van der Waals surface area contributed by atoms with E-state index in [1.807, 2.05) is 18.2 Å². The molecular formula is C10H12ClNO. The van der Waals surface area contributed by atoms with Crippen molar-refractivity contribution < 1.29 is 4.74 Å². The Morgan fingerprint density at radius 1 is 1.46 bits per heavy atom. The average molecular weight is 198 g/mol. The minimum atomic E-state index is 0.194. The SMILES string of the molecule is NC1CCOc2ccc(Cl)cc2C1. The van der Waals surface area contributed by atoms with Gasteiger partial charge in [-0.3, -0.25) is 0 Å². The minimum absolute atomic E-state index is 0.194. The predicted molar refractivity (Wildman–Crippen MR) is 53.2 cm³/mol. The van der Waals surface area contributed by atoms with Gasteiger partial charge in [0.05, 0.1) is 6.61 Å². The van der Waals surface area contributed by atoms with Crippen LogP contribution in [-0.4, -0.2) is 12.6 Å². The molecule has 3 heteroatoms. The standard InChI is InChI=1S/C10H12ClNO/c11-8-1-2-10-7(5-8)6-9(12)3-4-13-10/h1-2,5,9H,3-4,6,12H2. The van der Waals surface area contributed by atoms with E-state index < -0.39 is 0 Å². The van der Waals surface area contributed by atoms with Gasteiger partial charge in [0.15, 0.2) is 0 Å². The number of rotatable bonds is 0. The molecule has 2 N–H and O–H groups in total. The molecule has 2 nitrogen and oxygen atoms in total. The van der Waals surface area contributed by atoms with Crippen molar-refractivity contribution in [1.29, 1.82) is 0 Å². The summed E-state index contributed by atoms with van der Waals surface area (Å²) in [5.74, 6) is 0.928. The molecule has 0 fully saturated rings. The van der Waals surface area contributed by atoms with Crippen LogP contribution >= 0.6 is 11.6 Å². The van der Waals surface area contributed by atoms with Gasteiger partial charge in [0.1, 0.15) is 5.75 Å². The summed E-state index contributed by atoms with van der Waals surface area (Å²) in [5.41, 5.74) is 7.00. The number of hydrogen-bond donors (Lipinski definition) is 1. The van der Waals surface area contributed by atoms with Crippen LogP contribution in [0.1, 0.15) is 12.0 Å². The third kappa shape index (κ3) is 1.95. The maximum absolute atomic E-state index is 5.88. The van der Waals surface area contributed by atoms with Crippen molar-refractivity contribution in [2.75, 3.05) is 6.61 Å². The van der Waals surface area contributed by atoms with Gasteiger partial charge < -0.3 is 10.5 Å². The van der Waals surface area contributed by atoms with E-state index in [0.29, 0.717) is 6.61 Å². The van der Waals surface area contributed by atoms with Crippen molar-refractivity contribution in [2.45, 2.75) is 18.9 Å². The van der Waals surface area contributed by atoms with Crippen molar-refractivity contribution in [3.05, 3.63) is 28.8 Å². The number of nitrogens with two attached hydrogens (primary N) is 1. The molecule has 70 valence electrons. The summed E-state index contributed by atoms with van der Waals surface area (Å²) < 4.78 is 5.54. The first-order chi connectivity index (χ1) is 6.25. The molecule has 0 saturated carbocycles. The quantitative estimate of drug-likeness (QED) is 0.691. The third-order valence-corrected chi connectivity index (χ3v) is 2.49. The summed E-state index contributed by atoms with van der Waals surface area (Å²) in [6.45, 7) is 0.704. The molecule has 1 aliphatic rings. The molecule has 1 atom stereocenters. The molecule has 1 aliphatic heterocycles. The van der Waals surface area contributed by atoms with Gasteiger partial charge >= 0.3 is 0 Å². The highest BCUT2D eigenvalue weighted by atomic mass is 35.5. The molecule has 1 aromatic rings. The zero-order valence-corrected chi connectivity index (χ0v) is 8.05. The van der Waals surface area contributed by atoms with E-state index in [0.717, 1.165) is 29.2 Å². The van der Waals surface area contributed by atoms with Crippen LogP contribution in [0.3, 0.4) is 0 Å². The van der Waals surface area contributed by atoms with E-state index in [9.17, 15) is 0 Å². The maximum atomic E-state index is 5.88. The van der Waals surface area contributed by atoms with Crippen LogP contribution < -0.4 is 10.5 Å². The summed E-state index contributed by atoms with van der Waals surface area (Å²) in [7, 11) is 0. The summed E-state index contributed by atoms with van der Waals surface area (Å²) >= 11 is 5.88. The van der Waals surface area contributed by atoms with Crippen LogP contribution in [0.5, 0.6) is 5.75 Å². The molecule has 1 aromatic carbocycles. The minimum Gasteiger partial charge on any atom is -0.493 e. The van der Waals surface area contributed by atoms with Gasteiger partial charge in [0.25, 0.3) is 0 Å². The number of halogens is 1. The number of ether oxygens (including phenoxy) is 1. The lowest BCUT2D eigenvalue weighted by Crippen LogP contribution is -2.22. The van der Waals surface area contributed by atoms with E-state index in [1.54, 1.807) is 0 Å². The zero-order chi connectivity index (χ0) is 9.26. The summed E-state index contributed by atoms with van der Waals surface area (Å²) in [5, 5.41) is 0.747. The number of benzene rings is 1. The Hall–Kier alpha value is -0.730. The molecule has 2 rings (SSSR count). The molecule has 0 radical (unpaired) electrons. The molecule has 0 bridgehead atoms. The topological polar surface area (TPSA) is 35.2 Å². The Morgan fingerprint density at radius 3 is 3.15 bits per heavy atom. The van der Waals surface area contributed by atoms with Gasteiger partial charge in [-0.25, -0.2) is 0 Å². The van der Waals surface area contributed by atoms with Crippen LogP contribution in [0, 0.1) is 0 Å². The van der Waals surface area contributed by atoms with Gasteiger partial charge in [-0.1, -0.05) is 11.6 Å². The Labute approximate surface area is 82.6 Å². The Morgan fingerprint density at radius 2 is 2.31 bits per heavy atom. The second-order valence-corrected chi connectivity index (χ2v) is 3.79. The molecular weight excluding hydrogens is 186 g/mol. The molecule has 0 saturated heterocycles. The average Bonchev–Trinajstić information content (AvgIpc) is 2.25. The van der Waals surface area contributed by atoms with E-state index in [1.165, 1.54) is 0 Å². The van der Waals surface area contributed by atoms with Crippen LogP contribution in [0.25, 0.3) is 0 Å². The molecule has 1 heterocycles. The van der Waals surface area contributed by atoms with Gasteiger partial charge in [0, 0.05) is 11.1 Å². The molecule has 0 aromatic heterocycles. The zero-order valence-electron chi connectivity index (χ0n) is 7.29. The lowest BCUT2D eigenvalue weighted by molar-refractivity contribution is 0.310. The largest absolute Gasteiger partial charge is 0.493 e. The normalized spacial score (nSPS) is 21.5. The fourth-order valence-electron chi connectivity index (χ4n) is 1.55. The van der Waals surface area contributed by atoms with Gasteiger partial charge in [0.2, 0.25) is 0 Å². The van der Waals surface area contributed by atoms with Crippen molar-refractivity contribution >= 4 is 11.6 Å². The van der Waals surface area contributed by atoms with E-state index in [4.69, 9.17) is 22.1 Å². The predicted octanol–water partition coefficient (Wildman–Crippen LogP) is 1.99. The Bertz CT molecular complexity index is 314. The molecule has 0 aliphatic carbocycles. The molecule has 0 spiro atoms. The van der Waals surface area contributed by atoms with Crippen LogP contribution in [-0.2, 0) is 6.42 Å². The Kier molecular flexibility index (Phi) is 2.42. The smallest absolute Gasteiger partial charge is 0.122 e. The molecule has 1 unspecified atom stereocenters. The summed E-state index contributed by atoms with van der Waals surface area (Å²) in [6.07, 6.45) is 1.77. The van der Waals surface area contributed by atoms with Gasteiger partial charge in [-0.05, 0) is 36.6 Å². The lowest BCUT2D eigenvalue weighted by Gasteiger charge is -2.06. The van der Waals surface area contributed by atoms with Crippen molar-refractivity contribution in [3.8, 4) is 5.75 Å².